The highest BCUT2D eigenvalue weighted by Gasteiger charge is 2.27. The third kappa shape index (κ3) is 3.58. The molecule has 0 atom stereocenters. The number of rotatable bonds is 4. The van der Waals surface area contributed by atoms with Crippen molar-refractivity contribution >= 4 is 23.8 Å². The van der Waals surface area contributed by atoms with Crippen LogP contribution in [0.25, 0.3) is 11.4 Å². The van der Waals surface area contributed by atoms with Gasteiger partial charge in [-0.25, -0.2) is 14.8 Å². The van der Waals surface area contributed by atoms with Gasteiger partial charge in [0, 0.05) is 19.3 Å². The number of hydrogen-bond acceptors (Lipinski definition) is 6. The largest absolute Gasteiger partial charge is 0.465 e. The minimum Gasteiger partial charge on any atom is -0.465 e. The van der Waals surface area contributed by atoms with E-state index in [0.717, 1.165) is 0 Å². The first kappa shape index (κ1) is 17.2. The monoisotopic (exact) mass is 362 g/mol. The number of primary amides is 1. The second-order valence-corrected chi connectivity index (χ2v) is 6.43. The molecule has 10 heteroatoms. The predicted octanol–water partition coefficient (Wildman–Crippen LogP) is 1.48. The molecule has 1 fully saturated rings. The number of likely N-dealkylation sites (tertiary alicyclic amines) is 1. The Morgan fingerprint density at radius 2 is 2.08 bits per heavy atom. The van der Waals surface area contributed by atoms with Gasteiger partial charge in [0.15, 0.2) is 10.9 Å². The maximum Gasteiger partial charge on any atom is 0.407 e. The molecule has 1 aliphatic rings. The Bertz CT molecular complexity index is 800. The molecule has 3 rings (SSSR count). The SMILES string of the molecule is CSc1nccc(-c2cc(C(N)=O)nn2C2CCN(C(=O)O)CC2)n1. The maximum absolute atomic E-state index is 11.6. The van der Waals surface area contributed by atoms with Crippen molar-refractivity contribution in [3.8, 4) is 11.4 Å². The van der Waals surface area contributed by atoms with Crippen LogP contribution in [0, 0.1) is 0 Å². The van der Waals surface area contributed by atoms with Crippen LogP contribution < -0.4 is 5.73 Å². The molecule has 1 aliphatic heterocycles. The van der Waals surface area contributed by atoms with Crippen LogP contribution in [-0.4, -0.2) is 61.1 Å². The fraction of sp³-hybridized carbons (Fsp3) is 0.400. The number of amides is 2. The van der Waals surface area contributed by atoms with Gasteiger partial charge in [-0.05, 0) is 31.2 Å². The zero-order chi connectivity index (χ0) is 18.0. The molecule has 25 heavy (non-hydrogen) atoms. The summed E-state index contributed by atoms with van der Waals surface area (Å²) in [5.74, 6) is -0.609. The molecule has 2 amide bonds. The number of carbonyl (C=O) groups excluding carboxylic acids is 1. The quantitative estimate of drug-likeness (QED) is 0.623. The predicted molar refractivity (Wildman–Crippen MR) is 91.4 cm³/mol. The topological polar surface area (TPSA) is 127 Å². The van der Waals surface area contributed by atoms with Crippen LogP contribution >= 0.6 is 11.8 Å². The van der Waals surface area contributed by atoms with Gasteiger partial charge in [0.1, 0.15) is 0 Å². The lowest BCUT2D eigenvalue weighted by atomic mass is 10.1. The first-order chi connectivity index (χ1) is 12.0. The van der Waals surface area contributed by atoms with E-state index in [2.05, 4.69) is 15.1 Å². The Morgan fingerprint density at radius 3 is 2.68 bits per heavy atom. The third-order valence-electron chi connectivity index (χ3n) is 4.15. The minimum atomic E-state index is -0.919. The molecule has 0 aliphatic carbocycles. The fourth-order valence-corrected chi connectivity index (χ4v) is 3.22. The molecule has 9 nitrogen and oxygen atoms in total. The lowest BCUT2D eigenvalue weighted by Gasteiger charge is -2.30. The standard InChI is InChI=1S/C15H18N6O3S/c1-25-14-17-5-2-10(18-14)12-8-11(13(16)22)19-21(12)9-3-6-20(7-4-9)15(23)24/h2,5,8-9H,3-4,6-7H2,1H3,(H2,16,22)(H,23,24). The average Bonchev–Trinajstić information content (AvgIpc) is 3.07. The summed E-state index contributed by atoms with van der Waals surface area (Å²) >= 11 is 1.42. The van der Waals surface area contributed by atoms with Gasteiger partial charge < -0.3 is 15.7 Å². The molecular formula is C15H18N6O3S. The van der Waals surface area contributed by atoms with Gasteiger partial charge >= 0.3 is 6.09 Å². The lowest BCUT2D eigenvalue weighted by molar-refractivity contribution is 0.0994. The van der Waals surface area contributed by atoms with E-state index < -0.39 is 12.0 Å². The van der Waals surface area contributed by atoms with Crippen LogP contribution in [0.3, 0.4) is 0 Å². The number of carboxylic acid groups (broad SMARTS) is 1. The number of aromatic nitrogens is 4. The Labute approximate surface area is 148 Å². The summed E-state index contributed by atoms with van der Waals surface area (Å²) in [7, 11) is 0. The first-order valence-corrected chi connectivity index (χ1v) is 8.96. The van der Waals surface area contributed by atoms with Crippen LogP contribution in [0.1, 0.15) is 29.4 Å². The summed E-state index contributed by atoms with van der Waals surface area (Å²) in [5, 5.41) is 14.0. The highest BCUT2D eigenvalue weighted by Crippen LogP contribution is 2.29. The molecule has 0 spiro atoms. The zero-order valence-corrected chi connectivity index (χ0v) is 14.4. The Hall–Kier alpha value is -2.62. The molecule has 3 N–H and O–H groups in total. The lowest BCUT2D eigenvalue weighted by Crippen LogP contribution is -2.38. The van der Waals surface area contributed by atoms with Crippen molar-refractivity contribution in [1.82, 2.24) is 24.6 Å². The molecule has 2 aromatic heterocycles. The zero-order valence-electron chi connectivity index (χ0n) is 13.6. The molecule has 132 valence electrons. The van der Waals surface area contributed by atoms with Crippen molar-refractivity contribution in [2.45, 2.75) is 24.0 Å². The fourth-order valence-electron chi connectivity index (χ4n) is 2.87. The summed E-state index contributed by atoms with van der Waals surface area (Å²) in [4.78, 5) is 32.6. The van der Waals surface area contributed by atoms with E-state index in [1.807, 2.05) is 6.26 Å². The number of hydrogen-bond donors (Lipinski definition) is 2. The maximum atomic E-state index is 11.6. The molecule has 0 saturated carbocycles. The number of piperidine rings is 1. The Balaban J connectivity index is 1.95. The second-order valence-electron chi connectivity index (χ2n) is 5.65. The summed E-state index contributed by atoms with van der Waals surface area (Å²) in [6.07, 6.45) is 3.84. The molecule has 0 unspecified atom stereocenters. The minimum absolute atomic E-state index is 0.0219. The molecule has 3 heterocycles. The highest BCUT2D eigenvalue weighted by molar-refractivity contribution is 7.98. The molecule has 1 saturated heterocycles. The van der Waals surface area contributed by atoms with Crippen LogP contribution in [0.2, 0.25) is 0 Å². The van der Waals surface area contributed by atoms with Gasteiger partial charge in [-0.2, -0.15) is 5.10 Å². The number of nitrogens with two attached hydrogens (primary N) is 1. The number of carbonyl (C=O) groups is 2. The summed E-state index contributed by atoms with van der Waals surface area (Å²) in [6.45, 7) is 0.843. The van der Waals surface area contributed by atoms with E-state index in [1.165, 1.54) is 16.7 Å². The second kappa shape index (κ2) is 7.09. The number of thioether (sulfide) groups is 1. The van der Waals surface area contributed by atoms with E-state index in [-0.39, 0.29) is 11.7 Å². The van der Waals surface area contributed by atoms with E-state index in [0.29, 0.717) is 42.5 Å². The van der Waals surface area contributed by atoms with Crippen molar-refractivity contribution < 1.29 is 14.7 Å². The van der Waals surface area contributed by atoms with E-state index in [9.17, 15) is 9.59 Å². The molecule has 0 radical (unpaired) electrons. The summed E-state index contributed by atoms with van der Waals surface area (Å²) < 4.78 is 1.74. The van der Waals surface area contributed by atoms with Gasteiger partial charge in [0.2, 0.25) is 0 Å². The first-order valence-electron chi connectivity index (χ1n) is 7.74. The molecule has 2 aromatic rings. The van der Waals surface area contributed by atoms with Crippen LogP contribution in [0.4, 0.5) is 4.79 Å². The van der Waals surface area contributed by atoms with Crippen LogP contribution in [0.15, 0.2) is 23.5 Å². The van der Waals surface area contributed by atoms with Crippen molar-refractivity contribution in [2.75, 3.05) is 19.3 Å². The van der Waals surface area contributed by atoms with Gasteiger partial charge in [0.05, 0.1) is 17.4 Å². The van der Waals surface area contributed by atoms with Crippen molar-refractivity contribution in [2.24, 2.45) is 5.73 Å². The highest BCUT2D eigenvalue weighted by atomic mass is 32.2. The normalized spacial score (nSPS) is 15.3. The van der Waals surface area contributed by atoms with E-state index >= 15 is 0 Å². The number of nitrogens with zero attached hydrogens (tertiary/aromatic N) is 5. The van der Waals surface area contributed by atoms with Crippen molar-refractivity contribution in [3.63, 3.8) is 0 Å². The average molecular weight is 362 g/mol. The molecule has 0 bridgehead atoms. The van der Waals surface area contributed by atoms with Crippen molar-refractivity contribution in [1.29, 1.82) is 0 Å². The van der Waals surface area contributed by atoms with E-state index in [1.54, 1.807) is 23.0 Å². The third-order valence-corrected chi connectivity index (χ3v) is 4.71. The van der Waals surface area contributed by atoms with Crippen LogP contribution in [0.5, 0.6) is 0 Å². The van der Waals surface area contributed by atoms with Gasteiger partial charge in [-0.3, -0.25) is 9.48 Å². The Morgan fingerprint density at radius 1 is 1.36 bits per heavy atom. The van der Waals surface area contributed by atoms with Gasteiger partial charge in [0.25, 0.3) is 5.91 Å². The van der Waals surface area contributed by atoms with Gasteiger partial charge in [-0.1, -0.05) is 11.8 Å². The molecule has 0 aromatic carbocycles. The molecular weight excluding hydrogens is 344 g/mol. The summed E-state index contributed by atoms with van der Waals surface area (Å²) in [6, 6.07) is 3.36. The smallest absolute Gasteiger partial charge is 0.407 e. The summed E-state index contributed by atoms with van der Waals surface area (Å²) in [5.41, 5.74) is 6.88. The van der Waals surface area contributed by atoms with E-state index in [4.69, 9.17) is 10.8 Å². The Kier molecular flexibility index (Phi) is 4.88. The van der Waals surface area contributed by atoms with Crippen LogP contribution in [-0.2, 0) is 0 Å². The van der Waals surface area contributed by atoms with Gasteiger partial charge in [-0.15, -0.1) is 0 Å². The van der Waals surface area contributed by atoms with Crippen molar-refractivity contribution in [3.05, 3.63) is 24.0 Å².